The summed E-state index contributed by atoms with van der Waals surface area (Å²) in [4.78, 5) is 29.0. The van der Waals surface area contributed by atoms with E-state index in [9.17, 15) is 9.59 Å². The first kappa shape index (κ1) is 17.7. The fourth-order valence-corrected chi connectivity index (χ4v) is 3.86. The number of amides is 2. The molecular weight excluding hydrogens is 344 g/mol. The normalized spacial score (nSPS) is 19.6. The first-order chi connectivity index (χ1) is 13.2. The van der Waals surface area contributed by atoms with Crippen molar-refractivity contribution in [1.82, 2.24) is 9.80 Å². The molecule has 0 aromatic heterocycles. The molecule has 2 heterocycles. The molecule has 2 aromatic carbocycles. The lowest BCUT2D eigenvalue weighted by Gasteiger charge is -2.22. The number of hydrogen-bond donors (Lipinski definition) is 1. The molecule has 0 radical (unpaired) electrons. The SMILES string of the molecule is O=C1c2ccccc2C(=O)N1[C@@H]1CCN(Cc2cccc(OCCO)c2)C1. The Bertz CT molecular complexity index is 832. The molecule has 0 bridgehead atoms. The van der Waals surface area contributed by atoms with E-state index in [-0.39, 0.29) is 31.1 Å². The molecule has 140 valence electrons. The molecule has 1 N–H and O–H groups in total. The summed E-state index contributed by atoms with van der Waals surface area (Å²) in [6.45, 7) is 2.50. The molecule has 2 aliphatic rings. The second kappa shape index (κ2) is 7.50. The lowest BCUT2D eigenvalue weighted by Crippen LogP contribution is -2.41. The van der Waals surface area contributed by atoms with Crippen LogP contribution >= 0.6 is 0 Å². The Morgan fingerprint density at radius 1 is 1.04 bits per heavy atom. The highest BCUT2D eigenvalue weighted by Gasteiger charge is 2.41. The largest absolute Gasteiger partial charge is 0.491 e. The molecule has 0 spiro atoms. The number of hydrogen-bond acceptors (Lipinski definition) is 5. The van der Waals surface area contributed by atoms with Crippen molar-refractivity contribution in [1.29, 1.82) is 0 Å². The van der Waals surface area contributed by atoms with Crippen LogP contribution in [0.25, 0.3) is 0 Å². The van der Waals surface area contributed by atoms with Crippen LogP contribution in [0.5, 0.6) is 5.75 Å². The average molecular weight is 366 g/mol. The lowest BCUT2D eigenvalue weighted by atomic mass is 10.1. The second-order valence-corrected chi connectivity index (χ2v) is 6.92. The van der Waals surface area contributed by atoms with Crippen LogP contribution < -0.4 is 4.74 Å². The van der Waals surface area contributed by atoms with Crippen LogP contribution in [0.2, 0.25) is 0 Å². The van der Waals surface area contributed by atoms with Crippen LogP contribution in [0.1, 0.15) is 32.7 Å². The zero-order valence-corrected chi connectivity index (χ0v) is 15.0. The summed E-state index contributed by atoms with van der Waals surface area (Å²) in [6.07, 6.45) is 0.784. The maximum Gasteiger partial charge on any atom is 0.261 e. The molecule has 0 saturated carbocycles. The monoisotopic (exact) mass is 366 g/mol. The van der Waals surface area contributed by atoms with E-state index in [0.717, 1.165) is 30.8 Å². The number of aliphatic hydroxyl groups excluding tert-OH is 1. The van der Waals surface area contributed by atoms with E-state index in [0.29, 0.717) is 17.7 Å². The Morgan fingerprint density at radius 2 is 1.78 bits per heavy atom. The molecule has 2 amide bonds. The number of carbonyl (C=O) groups excluding carboxylic acids is 2. The van der Waals surface area contributed by atoms with Gasteiger partial charge in [-0.3, -0.25) is 19.4 Å². The van der Waals surface area contributed by atoms with Gasteiger partial charge in [-0.25, -0.2) is 0 Å². The predicted molar refractivity (Wildman–Crippen MR) is 99.6 cm³/mol. The van der Waals surface area contributed by atoms with Crippen molar-refractivity contribution in [3.05, 3.63) is 65.2 Å². The number of likely N-dealkylation sites (tertiary alicyclic amines) is 1. The van der Waals surface area contributed by atoms with E-state index in [1.807, 2.05) is 24.3 Å². The minimum absolute atomic E-state index is 0.0156. The number of nitrogens with zero attached hydrogens (tertiary/aromatic N) is 2. The number of fused-ring (bicyclic) bond motifs is 1. The quantitative estimate of drug-likeness (QED) is 0.791. The van der Waals surface area contributed by atoms with Crippen molar-refractivity contribution in [3.63, 3.8) is 0 Å². The molecular formula is C21H22N2O4. The van der Waals surface area contributed by atoms with E-state index >= 15 is 0 Å². The summed E-state index contributed by atoms with van der Waals surface area (Å²) < 4.78 is 5.46. The van der Waals surface area contributed by atoms with Crippen LogP contribution in [0.3, 0.4) is 0 Å². The molecule has 6 heteroatoms. The third-order valence-electron chi connectivity index (χ3n) is 5.10. The smallest absolute Gasteiger partial charge is 0.261 e. The molecule has 2 aliphatic heterocycles. The molecule has 1 saturated heterocycles. The molecule has 0 aliphatic carbocycles. The lowest BCUT2D eigenvalue weighted by molar-refractivity contribution is 0.0588. The van der Waals surface area contributed by atoms with Crippen LogP contribution in [0.15, 0.2) is 48.5 Å². The molecule has 1 fully saturated rings. The molecule has 2 aromatic rings. The first-order valence-corrected chi connectivity index (χ1v) is 9.19. The first-order valence-electron chi connectivity index (χ1n) is 9.19. The van der Waals surface area contributed by atoms with E-state index < -0.39 is 0 Å². The van der Waals surface area contributed by atoms with E-state index in [4.69, 9.17) is 9.84 Å². The zero-order valence-electron chi connectivity index (χ0n) is 15.0. The van der Waals surface area contributed by atoms with Crippen molar-refractivity contribution in [2.75, 3.05) is 26.3 Å². The van der Waals surface area contributed by atoms with Gasteiger partial charge in [-0.15, -0.1) is 0 Å². The van der Waals surface area contributed by atoms with Gasteiger partial charge in [0.05, 0.1) is 23.8 Å². The Morgan fingerprint density at radius 3 is 2.48 bits per heavy atom. The summed E-state index contributed by atoms with van der Waals surface area (Å²) in [7, 11) is 0. The average Bonchev–Trinajstić information content (AvgIpc) is 3.23. The summed E-state index contributed by atoms with van der Waals surface area (Å²) in [5.74, 6) is 0.376. The maximum atomic E-state index is 12.7. The van der Waals surface area contributed by atoms with Gasteiger partial charge < -0.3 is 9.84 Å². The number of imide groups is 1. The highest BCUT2D eigenvalue weighted by atomic mass is 16.5. The van der Waals surface area contributed by atoms with Crippen molar-refractivity contribution in [2.45, 2.75) is 19.0 Å². The summed E-state index contributed by atoms with van der Waals surface area (Å²) >= 11 is 0. The molecule has 27 heavy (non-hydrogen) atoms. The third-order valence-corrected chi connectivity index (χ3v) is 5.10. The van der Waals surface area contributed by atoms with Gasteiger partial charge in [-0.1, -0.05) is 24.3 Å². The van der Waals surface area contributed by atoms with E-state index in [2.05, 4.69) is 4.90 Å². The number of rotatable bonds is 6. The minimum atomic E-state index is -0.179. The summed E-state index contributed by atoms with van der Waals surface area (Å²) in [6, 6.07) is 14.7. The predicted octanol–water partition coefficient (Wildman–Crippen LogP) is 1.93. The van der Waals surface area contributed by atoms with E-state index in [1.54, 1.807) is 24.3 Å². The third kappa shape index (κ3) is 3.46. The van der Waals surface area contributed by atoms with Gasteiger partial charge in [0.2, 0.25) is 0 Å². The van der Waals surface area contributed by atoms with Crippen molar-refractivity contribution < 1.29 is 19.4 Å². The van der Waals surface area contributed by atoms with Crippen molar-refractivity contribution in [2.24, 2.45) is 0 Å². The molecule has 1 atom stereocenters. The van der Waals surface area contributed by atoms with Crippen LogP contribution in [-0.2, 0) is 6.54 Å². The topological polar surface area (TPSA) is 70.1 Å². The Kier molecular flexibility index (Phi) is 4.92. The van der Waals surface area contributed by atoms with Gasteiger partial charge in [0.25, 0.3) is 11.8 Å². The van der Waals surface area contributed by atoms with Gasteiger partial charge in [0.1, 0.15) is 12.4 Å². The number of ether oxygens (including phenoxy) is 1. The maximum absolute atomic E-state index is 12.7. The molecule has 0 unspecified atom stereocenters. The van der Waals surface area contributed by atoms with Gasteiger partial charge in [-0.05, 0) is 36.2 Å². The van der Waals surface area contributed by atoms with Crippen LogP contribution in [-0.4, -0.2) is 59.1 Å². The van der Waals surface area contributed by atoms with Gasteiger partial charge >= 0.3 is 0 Å². The summed E-state index contributed by atoms with van der Waals surface area (Å²) in [5.41, 5.74) is 2.12. The Labute approximate surface area is 158 Å². The number of carbonyl (C=O) groups is 2. The standard InChI is InChI=1S/C21H22N2O4/c24-10-11-27-17-5-3-4-15(12-17)13-22-9-8-16(14-22)23-20(25)18-6-1-2-7-19(18)21(23)26/h1-7,12,16,24H,8-11,13-14H2/t16-/m1/s1. The Hall–Kier alpha value is -2.70. The minimum Gasteiger partial charge on any atom is -0.491 e. The van der Waals surface area contributed by atoms with Crippen molar-refractivity contribution in [3.8, 4) is 5.75 Å². The molecule has 4 rings (SSSR count). The number of benzene rings is 2. The van der Waals surface area contributed by atoms with Gasteiger partial charge in [0.15, 0.2) is 0 Å². The number of aliphatic hydroxyl groups is 1. The highest BCUT2D eigenvalue weighted by molar-refractivity contribution is 6.21. The second-order valence-electron chi connectivity index (χ2n) is 6.92. The van der Waals surface area contributed by atoms with E-state index in [1.165, 1.54) is 4.90 Å². The molecule has 6 nitrogen and oxygen atoms in total. The fraction of sp³-hybridized carbons (Fsp3) is 0.333. The van der Waals surface area contributed by atoms with Crippen molar-refractivity contribution >= 4 is 11.8 Å². The fourth-order valence-electron chi connectivity index (χ4n) is 3.86. The zero-order chi connectivity index (χ0) is 18.8. The van der Waals surface area contributed by atoms with Gasteiger partial charge in [0, 0.05) is 19.6 Å². The van der Waals surface area contributed by atoms with Crippen LogP contribution in [0.4, 0.5) is 0 Å². The Balaban J connectivity index is 1.41. The summed E-state index contributed by atoms with van der Waals surface area (Å²) in [5, 5.41) is 8.87. The van der Waals surface area contributed by atoms with Gasteiger partial charge in [-0.2, -0.15) is 0 Å². The van der Waals surface area contributed by atoms with Crippen LogP contribution in [0, 0.1) is 0 Å². The highest BCUT2D eigenvalue weighted by Crippen LogP contribution is 2.28.